The van der Waals surface area contributed by atoms with Crippen molar-refractivity contribution < 1.29 is 8.78 Å². The molecule has 2 nitrogen and oxygen atoms in total. The third-order valence-corrected chi connectivity index (χ3v) is 2.29. The highest BCUT2D eigenvalue weighted by molar-refractivity contribution is 6.16. The van der Waals surface area contributed by atoms with E-state index in [0.29, 0.717) is 11.4 Å². The minimum atomic E-state index is -0.898. The summed E-state index contributed by atoms with van der Waals surface area (Å²) in [5.41, 5.74) is 1.14. The lowest BCUT2D eigenvalue weighted by Crippen LogP contribution is -1.88. The van der Waals surface area contributed by atoms with E-state index in [4.69, 9.17) is 11.6 Å². The van der Waals surface area contributed by atoms with Crippen LogP contribution in [0.1, 0.15) is 5.69 Å². The van der Waals surface area contributed by atoms with E-state index in [2.05, 4.69) is 10.2 Å². The Hall–Kier alpha value is -1.42. The van der Waals surface area contributed by atoms with E-state index in [1.165, 1.54) is 12.1 Å². The van der Waals surface area contributed by atoms with Gasteiger partial charge in [-0.15, -0.1) is 11.6 Å². The number of rotatable bonds is 2. The van der Waals surface area contributed by atoms with Crippen LogP contribution in [0, 0.1) is 11.6 Å². The van der Waals surface area contributed by atoms with Crippen molar-refractivity contribution in [2.24, 2.45) is 0 Å². The fourth-order valence-corrected chi connectivity index (χ4v) is 1.41. The highest BCUT2D eigenvalue weighted by Gasteiger charge is 2.12. The molecule has 0 unspecified atom stereocenters. The van der Waals surface area contributed by atoms with E-state index in [-0.39, 0.29) is 11.4 Å². The second-order valence-electron chi connectivity index (χ2n) is 3.01. The number of hydrogen-bond acceptors (Lipinski definition) is 1. The van der Waals surface area contributed by atoms with Gasteiger partial charge in [0.15, 0.2) is 11.6 Å². The first-order chi connectivity index (χ1) is 7.22. The Morgan fingerprint density at radius 3 is 2.80 bits per heavy atom. The minimum Gasteiger partial charge on any atom is -0.281 e. The Bertz CT molecular complexity index is 482. The average Bonchev–Trinajstić information content (AvgIpc) is 2.70. The van der Waals surface area contributed by atoms with Gasteiger partial charge in [-0.1, -0.05) is 6.07 Å². The van der Waals surface area contributed by atoms with Crippen LogP contribution in [-0.2, 0) is 5.88 Å². The van der Waals surface area contributed by atoms with Gasteiger partial charge in [-0.2, -0.15) is 5.10 Å². The Kier molecular flexibility index (Phi) is 2.68. The number of hydrogen-bond donors (Lipinski definition) is 1. The zero-order valence-corrected chi connectivity index (χ0v) is 8.35. The van der Waals surface area contributed by atoms with Crippen molar-refractivity contribution in [3.05, 3.63) is 41.6 Å². The monoisotopic (exact) mass is 228 g/mol. The second-order valence-corrected chi connectivity index (χ2v) is 3.28. The molecule has 2 rings (SSSR count). The zero-order valence-electron chi connectivity index (χ0n) is 7.60. The fraction of sp³-hybridized carbons (Fsp3) is 0.100. The fourth-order valence-electron chi connectivity index (χ4n) is 1.27. The number of halogens is 3. The van der Waals surface area contributed by atoms with Crippen LogP contribution in [0.3, 0.4) is 0 Å². The third kappa shape index (κ3) is 1.85. The van der Waals surface area contributed by atoms with E-state index < -0.39 is 11.6 Å². The van der Waals surface area contributed by atoms with E-state index in [9.17, 15) is 8.78 Å². The Morgan fingerprint density at radius 1 is 1.33 bits per heavy atom. The van der Waals surface area contributed by atoms with Gasteiger partial charge in [0.2, 0.25) is 0 Å². The van der Waals surface area contributed by atoms with Crippen LogP contribution in [0.4, 0.5) is 8.78 Å². The third-order valence-electron chi connectivity index (χ3n) is 2.00. The van der Waals surface area contributed by atoms with Gasteiger partial charge in [0.25, 0.3) is 0 Å². The van der Waals surface area contributed by atoms with Gasteiger partial charge in [0.1, 0.15) is 0 Å². The van der Waals surface area contributed by atoms with Crippen molar-refractivity contribution >= 4 is 11.6 Å². The molecule has 0 atom stereocenters. The molecule has 0 aliphatic carbocycles. The van der Waals surface area contributed by atoms with Crippen molar-refractivity contribution in [2.45, 2.75) is 5.88 Å². The summed E-state index contributed by atoms with van der Waals surface area (Å²) in [5, 5.41) is 6.47. The molecule has 78 valence electrons. The topological polar surface area (TPSA) is 28.7 Å². The summed E-state index contributed by atoms with van der Waals surface area (Å²) in [6.45, 7) is 0. The number of alkyl halides is 1. The van der Waals surface area contributed by atoms with Crippen molar-refractivity contribution in [1.29, 1.82) is 0 Å². The number of H-pyrrole nitrogens is 1. The molecule has 0 saturated heterocycles. The summed E-state index contributed by atoms with van der Waals surface area (Å²) in [7, 11) is 0. The van der Waals surface area contributed by atoms with E-state index in [1.54, 1.807) is 6.07 Å². The van der Waals surface area contributed by atoms with E-state index in [0.717, 1.165) is 6.07 Å². The van der Waals surface area contributed by atoms with Crippen LogP contribution in [0.15, 0.2) is 24.3 Å². The smallest absolute Gasteiger partial charge is 0.168 e. The molecule has 1 heterocycles. The molecular weight excluding hydrogens is 222 g/mol. The van der Waals surface area contributed by atoms with Gasteiger partial charge >= 0.3 is 0 Å². The number of aromatic nitrogens is 2. The Balaban J connectivity index is 2.49. The molecule has 0 aliphatic heterocycles. The quantitative estimate of drug-likeness (QED) is 0.787. The van der Waals surface area contributed by atoms with Crippen molar-refractivity contribution in [2.75, 3.05) is 0 Å². The van der Waals surface area contributed by atoms with Crippen molar-refractivity contribution in [3.63, 3.8) is 0 Å². The van der Waals surface area contributed by atoms with Crippen LogP contribution >= 0.6 is 11.6 Å². The maximum absolute atomic E-state index is 13.3. The number of aromatic amines is 1. The van der Waals surface area contributed by atoms with Crippen LogP contribution < -0.4 is 0 Å². The van der Waals surface area contributed by atoms with E-state index >= 15 is 0 Å². The Labute approximate surface area is 89.9 Å². The van der Waals surface area contributed by atoms with Gasteiger partial charge in [0.05, 0.1) is 17.3 Å². The first-order valence-electron chi connectivity index (χ1n) is 4.27. The predicted molar refractivity (Wildman–Crippen MR) is 53.5 cm³/mol. The average molecular weight is 229 g/mol. The molecule has 1 aromatic carbocycles. The molecule has 5 heteroatoms. The first kappa shape index (κ1) is 10.1. The van der Waals surface area contributed by atoms with Gasteiger partial charge < -0.3 is 0 Å². The summed E-state index contributed by atoms with van der Waals surface area (Å²) in [6, 6.07) is 5.55. The normalized spacial score (nSPS) is 10.6. The van der Waals surface area contributed by atoms with Crippen LogP contribution in [-0.4, -0.2) is 10.2 Å². The van der Waals surface area contributed by atoms with Crippen LogP contribution in [0.2, 0.25) is 0 Å². The lowest BCUT2D eigenvalue weighted by Gasteiger charge is -1.98. The molecule has 2 aromatic rings. The van der Waals surface area contributed by atoms with Crippen molar-refractivity contribution in [1.82, 2.24) is 10.2 Å². The number of nitrogens with one attached hydrogen (secondary N) is 1. The van der Waals surface area contributed by atoms with Gasteiger partial charge in [0, 0.05) is 5.56 Å². The number of benzene rings is 1. The molecule has 0 spiro atoms. The molecule has 0 fully saturated rings. The summed E-state index contributed by atoms with van der Waals surface area (Å²) >= 11 is 5.56. The van der Waals surface area contributed by atoms with E-state index in [1.807, 2.05) is 0 Å². The van der Waals surface area contributed by atoms with Gasteiger partial charge in [-0.3, -0.25) is 5.10 Å². The molecule has 1 N–H and O–H groups in total. The standard InChI is InChI=1S/C10H7ClF2N2/c11-5-6-4-9(15-14-6)7-2-1-3-8(12)10(7)13/h1-4H,5H2,(H,14,15). The predicted octanol–water partition coefficient (Wildman–Crippen LogP) is 3.09. The maximum Gasteiger partial charge on any atom is 0.168 e. The molecule has 0 aliphatic rings. The lowest BCUT2D eigenvalue weighted by atomic mass is 10.1. The summed E-state index contributed by atoms with van der Waals surface area (Å²) in [4.78, 5) is 0. The SMILES string of the molecule is Fc1cccc(-c2cc(CCl)[nH]n2)c1F. The molecule has 0 saturated carbocycles. The summed E-state index contributed by atoms with van der Waals surface area (Å²) < 4.78 is 26.3. The summed E-state index contributed by atoms with van der Waals surface area (Å²) in [6.07, 6.45) is 0. The highest BCUT2D eigenvalue weighted by Crippen LogP contribution is 2.23. The minimum absolute atomic E-state index is 0.127. The van der Waals surface area contributed by atoms with Gasteiger partial charge in [-0.25, -0.2) is 8.78 Å². The zero-order chi connectivity index (χ0) is 10.8. The summed E-state index contributed by atoms with van der Waals surface area (Å²) in [5.74, 6) is -1.53. The molecule has 0 radical (unpaired) electrons. The Morgan fingerprint density at radius 2 is 2.13 bits per heavy atom. The molecule has 15 heavy (non-hydrogen) atoms. The largest absolute Gasteiger partial charge is 0.281 e. The molecule has 0 bridgehead atoms. The van der Waals surface area contributed by atoms with Crippen molar-refractivity contribution in [3.8, 4) is 11.3 Å². The van der Waals surface area contributed by atoms with Crippen LogP contribution in [0.5, 0.6) is 0 Å². The molecule has 1 aromatic heterocycles. The first-order valence-corrected chi connectivity index (χ1v) is 4.80. The molecular formula is C10H7ClF2N2. The number of nitrogens with zero attached hydrogens (tertiary/aromatic N) is 1. The lowest BCUT2D eigenvalue weighted by molar-refractivity contribution is 0.511. The second kappa shape index (κ2) is 3.98. The highest BCUT2D eigenvalue weighted by atomic mass is 35.5. The van der Waals surface area contributed by atoms with Crippen LogP contribution in [0.25, 0.3) is 11.3 Å². The maximum atomic E-state index is 13.3. The van der Waals surface area contributed by atoms with Gasteiger partial charge in [-0.05, 0) is 18.2 Å². The molecule has 0 amide bonds.